The van der Waals surface area contributed by atoms with Crippen LogP contribution in [0.25, 0.3) is 5.52 Å². The van der Waals surface area contributed by atoms with Gasteiger partial charge in [-0.2, -0.15) is 0 Å². The lowest BCUT2D eigenvalue weighted by Gasteiger charge is -2.07. The monoisotopic (exact) mass is 303 g/mol. The van der Waals surface area contributed by atoms with Crippen molar-refractivity contribution < 1.29 is 19.1 Å². The molecule has 2 aromatic heterocycles. The fourth-order valence-corrected chi connectivity index (χ4v) is 2.47. The van der Waals surface area contributed by atoms with Gasteiger partial charge < -0.3 is 13.9 Å². The van der Waals surface area contributed by atoms with Gasteiger partial charge in [-0.3, -0.25) is 9.59 Å². The minimum atomic E-state index is -0.260. The molecule has 0 amide bonds. The van der Waals surface area contributed by atoms with E-state index in [2.05, 4.69) is 0 Å². The molecule has 2 heterocycles. The lowest BCUT2D eigenvalue weighted by Crippen LogP contribution is -2.11. The molecule has 22 heavy (non-hydrogen) atoms. The second-order valence-corrected chi connectivity index (χ2v) is 4.90. The van der Waals surface area contributed by atoms with E-state index in [0.29, 0.717) is 26.1 Å². The maximum absolute atomic E-state index is 11.8. The summed E-state index contributed by atoms with van der Waals surface area (Å²) in [7, 11) is 0. The predicted octanol–water partition coefficient (Wildman–Crippen LogP) is 2.54. The number of esters is 2. The molecule has 0 fully saturated rings. The number of hydrogen-bond donors (Lipinski definition) is 0. The Morgan fingerprint density at radius 2 is 1.82 bits per heavy atom. The molecule has 0 aromatic carbocycles. The Morgan fingerprint density at radius 1 is 1.09 bits per heavy atom. The molecule has 2 aromatic rings. The molecule has 0 radical (unpaired) electrons. The van der Waals surface area contributed by atoms with Crippen molar-refractivity contribution in [1.82, 2.24) is 4.40 Å². The van der Waals surface area contributed by atoms with Crippen molar-refractivity contribution in [1.29, 1.82) is 0 Å². The molecule has 0 saturated carbocycles. The van der Waals surface area contributed by atoms with Crippen LogP contribution in [0.1, 0.15) is 31.5 Å². The van der Waals surface area contributed by atoms with Crippen LogP contribution in [0.5, 0.6) is 0 Å². The van der Waals surface area contributed by atoms with E-state index < -0.39 is 0 Å². The van der Waals surface area contributed by atoms with Crippen LogP contribution in [-0.4, -0.2) is 29.6 Å². The van der Waals surface area contributed by atoms with Crippen LogP contribution in [0, 0.1) is 0 Å². The van der Waals surface area contributed by atoms with Gasteiger partial charge in [0.05, 0.1) is 19.6 Å². The highest BCUT2D eigenvalue weighted by atomic mass is 16.5. The first kappa shape index (κ1) is 16.1. The number of carbonyl (C=O) groups is 2. The summed E-state index contributed by atoms with van der Waals surface area (Å²) in [4.78, 5) is 23.4. The van der Waals surface area contributed by atoms with Crippen LogP contribution in [0.3, 0.4) is 0 Å². The molecular formula is C17H21NO4. The first-order valence-electron chi connectivity index (χ1n) is 7.54. The summed E-state index contributed by atoms with van der Waals surface area (Å²) >= 11 is 0. The van der Waals surface area contributed by atoms with Crippen molar-refractivity contribution >= 4 is 17.5 Å². The highest BCUT2D eigenvalue weighted by molar-refractivity contribution is 5.74. The number of ether oxygens (including phenoxy) is 2. The second kappa shape index (κ2) is 7.64. The minimum absolute atomic E-state index is 0.199. The number of aryl methyl sites for hydroxylation is 1. The molecule has 0 unspecified atom stereocenters. The topological polar surface area (TPSA) is 57.0 Å². The van der Waals surface area contributed by atoms with E-state index in [1.54, 1.807) is 13.8 Å². The maximum atomic E-state index is 11.8. The molecule has 5 nitrogen and oxygen atoms in total. The van der Waals surface area contributed by atoms with E-state index in [9.17, 15) is 9.59 Å². The molecule has 118 valence electrons. The summed E-state index contributed by atoms with van der Waals surface area (Å²) in [6, 6.07) is 7.84. The van der Waals surface area contributed by atoms with E-state index in [0.717, 1.165) is 16.8 Å². The Kier molecular flexibility index (Phi) is 5.58. The normalized spacial score (nSPS) is 10.6. The van der Waals surface area contributed by atoms with Gasteiger partial charge in [0.1, 0.15) is 0 Å². The van der Waals surface area contributed by atoms with Gasteiger partial charge in [-0.15, -0.1) is 0 Å². The zero-order valence-electron chi connectivity index (χ0n) is 13.0. The Hall–Kier alpha value is -2.30. The average molecular weight is 303 g/mol. The van der Waals surface area contributed by atoms with Crippen LogP contribution in [0.4, 0.5) is 0 Å². The predicted molar refractivity (Wildman–Crippen MR) is 82.7 cm³/mol. The summed E-state index contributed by atoms with van der Waals surface area (Å²) in [5.74, 6) is -0.483. The standard InChI is InChI=1S/C17H21NO4/c1-3-21-16(19)9-8-13-11-14-7-5-6-10-18(14)15(13)12-17(20)22-4-2/h5-7,10-11H,3-4,8-9,12H2,1-2H3. The van der Waals surface area contributed by atoms with Crippen LogP contribution in [0.15, 0.2) is 30.5 Å². The molecular weight excluding hydrogens is 282 g/mol. The highest BCUT2D eigenvalue weighted by Crippen LogP contribution is 2.19. The number of rotatable bonds is 7. The molecule has 2 rings (SSSR count). The maximum Gasteiger partial charge on any atom is 0.311 e. The second-order valence-electron chi connectivity index (χ2n) is 4.90. The van der Waals surface area contributed by atoms with Crippen molar-refractivity contribution in [2.45, 2.75) is 33.1 Å². The average Bonchev–Trinajstić information content (AvgIpc) is 2.84. The third-order valence-electron chi connectivity index (χ3n) is 3.40. The Morgan fingerprint density at radius 3 is 2.55 bits per heavy atom. The summed E-state index contributed by atoms with van der Waals surface area (Å²) in [5.41, 5.74) is 2.85. The summed E-state index contributed by atoms with van der Waals surface area (Å²) in [5, 5.41) is 0. The highest BCUT2D eigenvalue weighted by Gasteiger charge is 2.15. The molecule has 0 saturated heterocycles. The van der Waals surface area contributed by atoms with E-state index >= 15 is 0 Å². The largest absolute Gasteiger partial charge is 0.466 e. The molecule has 0 aliphatic heterocycles. The Balaban J connectivity index is 2.23. The van der Waals surface area contributed by atoms with Gasteiger partial charge in [0.25, 0.3) is 0 Å². The van der Waals surface area contributed by atoms with Crippen molar-refractivity contribution in [3.63, 3.8) is 0 Å². The quantitative estimate of drug-likeness (QED) is 0.738. The first-order chi connectivity index (χ1) is 10.7. The van der Waals surface area contributed by atoms with E-state index in [1.807, 2.05) is 34.9 Å². The zero-order valence-corrected chi connectivity index (χ0v) is 13.0. The van der Waals surface area contributed by atoms with Crippen LogP contribution in [-0.2, 0) is 31.9 Å². The van der Waals surface area contributed by atoms with Crippen LogP contribution >= 0.6 is 0 Å². The molecule has 0 N–H and O–H groups in total. The van der Waals surface area contributed by atoms with E-state index in [1.165, 1.54) is 0 Å². The third-order valence-corrected chi connectivity index (χ3v) is 3.40. The van der Waals surface area contributed by atoms with Gasteiger partial charge in [-0.25, -0.2) is 0 Å². The van der Waals surface area contributed by atoms with Gasteiger partial charge in [0.15, 0.2) is 0 Å². The number of hydrogen-bond acceptors (Lipinski definition) is 4. The van der Waals surface area contributed by atoms with Gasteiger partial charge in [-0.1, -0.05) is 6.07 Å². The van der Waals surface area contributed by atoms with Crippen molar-refractivity contribution in [2.24, 2.45) is 0 Å². The molecule has 0 atom stereocenters. The number of aromatic nitrogens is 1. The Bertz CT molecular complexity index is 660. The van der Waals surface area contributed by atoms with Gasteiger partial charge >= 0.3 is 11.9 Å². The van der Waals surface area contributed by atoms with Crippen LogP contribution in [0.2, 0.25) is 0 Å². The van der Waals surface area contributed by atoms with Crippen molar-refractivity contribution in [2.75, 3.05) is 13.2 Å². The van der Waals surface area contributed by atoms with Crippen molar-refractivity contribution in [3.8, 4) is 0 Å². The molecule has 0 spiro atoms. The number of pyridine rings is 1. The van der Waals surface area contributed by atoms with E-state index in [4.69, 9.17) is 9.47 Å². The van der Waals surface area contributed by atoms with Crippen molar-refractivity contribution in [3.05, 3.63) is 41.7 Å². The van der Waals surface area contributed by atoms with E-state index in [-0.39, 0.29) is 18.4 Å². The molecule has 0 bridgehead atoms. The fourth-order valence-electron chi connectivity index (χ4n) is 2.47. The minimum Gasteiger partial charge on any atom is -0.466 e. The first-order valence-corrected chi connectivity index (χ1v) is 7.54. The number of nitrogens with zero attached hydrogens (tertiary/aromatic N) is 1. The van der Waals surface area contributed by atoms with Crippen LogP contribution < -0.4 is 0 Å². The molecule has 0 aliphatic carbocycles. The molecule has 5 heteroatoms. The SMILES string of the molecule is CCOC(=O)CCc1cc2ccccn2c1CC(=O)OCC. The molecule has 0 aliphatic rings. The zero-order chi connectivity index (χ0) is 15.9. The summed E-state index contributed by atoms with van der Waals surface area (Å²) in [6.45, 7) is 4.32. The third kappa shape index (κ3) is 3.87. The van der Waals surface area contributed by atoms with Gasteiger partial charge in [0, 0.05) is 23.8 Å². The smallest absolute Gasteiger partial charge is 0.311 e. The number of fused-ring (bicyclic) bond motifs is 1. The lowest BCUT2D eigenvalue weighted by molar-refractivity contribution is -0.143. The Labute approximate surface area is 129 Å². The summed E-state index contributed by atoms with van der Waals surface area (Å²) in [6.07, 6.45) is 2.97. The lowest BCUT2D eigenvalue weighted by atomic mass is 10.1. The number of carbonyl (C=O) groups excluding carboxylic acids is 2. The fraction of sp³-hybridized carbons (Fsp3) is 0.412. The summed E-state index contributed by atoms with van der Waals surface area (Å²) < 4.78 is 12.0. The van der Waals surface area contributed by atoms with Gasteiger partial charge in [-0.05, 0) is 44.0 Å². The van der Waals surface area contributed by atoms with Gasteiger partial charge in [0.2, 0.25) is 0 Å².